The van der Waals surface area contributed by atoms with E-state index in [1.54, 1.807) is 0 Å². The number of nitrogens with one attached hydrogen (secondary N) is 1. The SMILES string of the molecule is O=C(CN1C(=O)c2ccc([N+](=O)[O-])cc2C1=O)Nc1ccc(Cl)c(Cl)c1. The molecule has 132 valence electrons. The number of nitrogens with zero attached hydrogens (tertiary/aromatic N) is 2. The normalized spacial score (nSPS) is 12.9. The number of fused-ring (bicyclic) bond motifs is 1. The summed E-state index contributed by atoms with van der Waals surface area (Å²) in [5.41, 5.74) is -0.0573. The number of rotatable bonds is 4. The summed E-state index contributed by atoms with van der Waals surface area (Å²) in [4.78, 5) is 47.6. The first-order valence-corrected chi connectivity index (χ1v) is 7.93. The Kier molecular flexibility index (Phi) is 4.62. The standard InChI is InChI=1S/C16H9Cl2N3O5/c17-12-4-1-8(5-13(12)18)19-14(22)7-20-15(23)10-3-2-9(21(25)26)6-11(10)16(20)24/h1-6H,7H2,(H,19,22). The van der Waals surface area contributed by atoms with Gasteiger partial charge in [-0.25, -0.2) is 0 Å². The Bertz CT molecular complexity index is 976. The van der Waals surface area contributed by atoms with Crippen LogP contribution in [-0.2, 0) is 4.79 Å². The van der Waals surface area contributed by atoms with E-state index in [1.807, 2.05) is 0 Å². The third-order valence-electron chi connectivity index (χ3n) is 3.67. The molecule has 0 spiro atoms. The van der Waals surface area contributed by atoms with Gasteiger partial charge in [-0.05, 0) is 24.3 Å². The van der Waals surface area contributed by atoms with Gasteiger partial charge in [-0.3, -0.25) is 29.4 Å². The molecule has 0 aromatic heterocycles. The molecule has 10 heteroatoms. The maximum Gasteiger partial charge on any atom is 0.270 e. The number of nitro groups is 1. The predicted octanol–water partition coefficient (Wildman–Crippen LogP) is 3.14. The van der Waals surface area contributed by atoms with Gasteiger partial charge in [0.15, 0.2) is 0 Å². The van der Waals surface area contributed by atoms with Gasteiger partial charge in [0.05, 0.1) is 26.1 Å². The molecule has 0 saturated carbocycles. The predicted molar refractivity (Wildman–Crippen MR) is 93.6 cm³/mol. The van der Waals surface area contributed by atoms with Gasteiger partial charge >= 0.3 is 0 Å². The van der Waals surface area contributed by atoms with E-state index in [0.29, 0.717) is 10.7 Å². The first kappa shape index (κ1) is 17.8. The number of non-ortho nitro benzene ring substituents is 1. The van der Waals surface area contributed by atoms with Crippen LogP contribution in [-0.4, -0.2) is 34.1 Å². The number of anilines is 1. The van der Waals surface area contributed by atoms with Crippen molar-refractivity contribution in [3.63, 3.8) is 0 Å². The van der Waals surface area contributed by atoms with E-state index in [4.69, 9.17) is 23.2 Å². The largest absolute Gasteiger partial charge is 0.324 e. The molecule has 26 heavy (non-hydrogen) atoms. The van der Waals surface area contributed by atoms with Crippen LogP contribution < -0.4 is 5.32 Å². The zero-order chi connectivity index (χ0) is 19.0. The number of carbonyl (C=O) groups excluding carboxylic acids is 3. The molecule has 1 aliphatic heterocycles. The number of nitro benzene ring substituents is 1. The van der Waals surface area contributed by atoms with Crippen LogP contribution in [0.25, 0.3) is 0 Å². The number of imide groups is 1. The number of amides is 3. The molecule has 1 N–H and O–H groups in total. The average molecular weight is 394 g/mol. The van der Waals surface area contributed by atoms with E-state index in [-0.39, 0.29) is 21.8 Å². The Morgan fingerprint density at radius 2 is 1.73 bits per heavy atom. The van der Waals surface area contributed by atoms with Crippen molar-refractivity contribution in [1.82, 2.24) is 4.90 Å². The zero-order valence-electron chi connectivity index (χ0n) is 12.9. The summed E-state index contributed by atoms with van der Waals surface area (Å²) < 4.78 is 0. The van der Waals surface area contributed by atoms with Crippen molar-refractivity contribution in [1.29, 1.82) is 0 Å². The lowest BCUT2D eigenvalue weighted by Gasteiger charge is -2.13. The number of hydrogen-bond acceptors (Lipinski definition) is 5. The minimum absolute atomic E-state index is 0.0166. The van der Waals surface area contributed by atoms with Crippen LogP contribution >= 0.6 is 23.2 Å². The molecule has 0 radical (unpaired) electrons. The summed E-state index contributed by atoms with van der Waals surface area (Å²) in [5.74, 6) is -2.09. The van der Waals surface area contributed by atoms with Crippen LogP contribution in [0.5, 0.6) is 0 Å². The van der Waals surface area contributed by atoms with Crippen molar-refractivity contribution in [3.8, 4) is 0 Å². The average Bonchev–Trinajstić information content (AvgIpc) is 2.82. The molecule has 2 aromatic carbocycles. The van der Waals surface area contributed by atoms with Crippen LogP contribution in [0.1, 0.15) is 20.7 Å². The fourth-order valence-electron chi connectivity index (χ4n) is 2.45. The van der Waals surface area contributed by atoms with E-state index in [2.05, 4.69) is 5.32 Å². The van der Waals surface area contributed by atoms with Gasteiger partial charge in [0, 0.05) is 17.8 Å². The number of halogens is 2. The van der Waals surface area contributed by atoms with Gasteiger partial charge in [0.1, 0.15) is 6.54 Å². The van der Waals surface area contributed by atoms with Crippen LogP contribution in [0.4, 0.5) is 11.4 Å². The highest BCUT2D eigenvalue weighted by Gasteiger charge is 2.37. The van der Waals surface area contributed by atoms with Crippen molar-refractivity contribution in [2.45, 2.75) is 0 Å². The van der Waals surface area contributed by atoms with Gasteiger partial charge in [-0.15, -0.1) is 0 Å². The van der Waals surface area contributed by atoms with Crippen molar-refractivity contribution >= 4 is 52.3 Å². The molecule has 0 fully saturated rings. The lowest BCUT2D eigenvalue weighted by Crippen LogP contribution is -2.37. The van der Waals surface area contributed by atoms with E-state index in [0.717, 1.165) is 17.0 Å². The fourth-order valence-corrected chi connectivity index (χ4v) is 2.75. The summed E-state index contributed by atoms with van der Waals surface area (Å²) in [5, 5.41) is 13.9. The van der Waals surface area contributed by atoms with Gasteiger partial charge in [0.25, 0.3) is 17.5 Å². The molecule has 3 amide bonds. The molecular weight excluding hydrogens is 385 g/mol. The second-order valence-electron chi connectivity index (χ2n) is 5.36. The lowest BCUT2D eigenvalue weighted by molar-refractivity contribution is -0.384. The maximum absolute atomic E-state index is 12.3. The molecule has 0 bridgehead atoms. The molecule has 0 saturated heterocycles. The fraction of sp³-hybridized carbons (Fsp3) is 0.0625. The van der Waals surface area contributed by atoms with Crippen molar-refractivity contribution in [2.24, 2.45) is 0 Å². The number of hydrogen-bond donors (Lipinski definition) is 1. The summed E-state index contributed by atoms with van der Waals surface area (Å²) in [6.45, 7) is -0.541. The minimum atomic E-state index is -0.766. The Labute approximate surface area is 156 Å². The van der Waals surface area contributed by atoms with Crippen LogP contribution in [0.3, 0.4) is 0 Å². The van der Waals surface area contributed by atoms with E-state index in [9.17, 15) is 24.5 Å². The molecular formula is C16H9Cl2N3O5. The highest BCUT2D eigenvalue weighted by atomic mass is 35.5. The van der Waals surface area contributed by atoms with Gasteiger partial charge in [-0.1, -0.05) is 23.2 Å². The van der Waals surface area contributed by atoms with Crippen LogP contribution in [0, 0.1) is 10.1 Å². The van der Waals surface area contributed by atoms with Gasteiger partial charge in [0.2, 0.25) is 5.91 Å². The van der Waals surface area contributed by atoms with Crippen LogP contribution in [0.15, 0.2) is 36.4 Å². The van der Waals surface area contributed by atoms with E-state index >= 15 is 0 Å². The third kappa shape index (κ3) is 3.24. The van der Waals surface area contributed by atoms with Crippen molar-refractivity contribution < 1.29 is 19.3 Å². The summed E-state index contributed by atoms with van der Waals surface area (Å²) in [6.07, 6.45) is 0. The molecule has 0 unspecified atom stereocenters. The van der Waals surface area contributed by atoms with Crippen molar-refractivity contribution in [2.75, 3.05) is 11.9 Å². The molecule has 1 heterocycles. The number of carbonyl (C=O) groups is 3. The smallest absolute Gasteiger partial charge is 0.270 e. The molecule has 8 nitrogen and oxygen atoms in total. The second-order valence-corrected chi connectivity index (χ2v) is 6.17. The summed E-state index contributed by atoms with van der Waals surface area (Å²) in [6, 6.07) is 7.77. The molecule has 3 rings (SSSR count). The topological polar surface area (TPSA) is 110 Å². The minimum Gasteiger partial charge on any atom is -0.324 e. The van der Waals surface area contributed by atoms with E-state index < -0.39 is 29.2 Å². The van der Waals surface area contributed by atoms with Crippen molar-refractivity contribution in [3.05, 3.63) is 67.7 Å². The van der Waals surface area contributed by atoms with Gasteiger partial charge in [-0.2, -0.15) is 0 Å². The zero-order valence-corrected chi connectivity index (χ0v) is 14.4. The Balaban J connectivity index is 1.76. The highest BCUT2D eigenvalue weighted by Crippen LogP contribution is 2.27. The first-order chi connectivity index (χ1) is 12.3. The molecule has 0 atom stereocenters. The van der Waals surface area contributed by atoms with Gasteiger partial charge < -0.3 is 5.32 Å². The quantitative estimate of drug-likeness (QED) is 0.487. The summed E-state index contributed by atoms with van der Waals surface area (Å²) >= 11 is 11.6. The Morgan fingerprint density at radius 1 is 1.04 bits per heavy atom. The molecule has 1 aliphatic rings. The summed E-state index contributed by atoms with van der Waals surface area (Å²) in [7, 11) is 0. The first-order valence-electron chi connectivity index (χ1n) is 7.17. The number of benzene rings is 2. The third-order valence-corrected chi connectivity index (χ3v) is 4.41. The maximum atomic E-state index is 12.3. The van der Waals surface area contributed by atoms with Crippen LogP contribution in [0.2, 0.25) is 10.0 Å². The highest BCUT2D eigenvalue weighted by molar-refractivity contribution is 6.42. The molecule has 0 aliphatic carbocycles. The Morgan fingerprint density at radius 3 is 2.38 bits per heavy atom. The lowest BCUT2D eigenvalue weighted by atomic mass is 10.1. The monoisotopic (exact) mass is 393 g/mol. The van der Waals surface area contributed by atoms with E-state index in [1.165, 1.54) is 24.3 Å². The Hall–Kier alpha value is -2.97. The second kappa shape index (κ2) is 6.74. The molecule has 2 aromatic rings.